The average molecular weight is 288 g/mol. The molecule has 0 N–H and O–H groups in total. The predicted molar refractivity (Wildman–Crippen MR) is 88.5 cm³/mol. The van der Waals surface area contributed by atoms with Crippen LogP contribution in [0.1, 0.15) is 18.4 Å². The molecule has 1 aliphatic rings. The van der Waals surface area contributed by atoms with Crippen LogP contribution in [0.15, 0.2) is 41.5 Å². The maximum Gasteiger partial charge on any atom is 0.485 e. The Morgan fingerprint density at radius 2 is 1.80 bits per heavy atom. The summed E-state index contributed by atoms with van der Waals surface area (Å²) in [5.41, 5.74) is 1.39. The molecule has 0 saturated carbocycles. The maximum absolute atomic E-state index is 5.81. The van der Waals surface area contributed by atoms with Crippen molar-refractivity contribution in [1.82, 2.24) is 0 Å². The van der Waals surface area contributed by atoms with E-state index >= 15 is 0 Å². The van der Waals surface area contributed by atoms with Crippen molar-refractivity contribution in [1.29, 1.82) is 0 Å². The summed E-state index contributed by atoms with van der Waals surface area (Å²) in [6, 6.07) is 10.7. The van der Waals surface area contributed by atoms with Crippen LogP contribution in [0.5, 0.6) is 0 Å². The Balaban J connectivity index is 2.01. The van der Waals surface area contributed by atoms with Crippen molar-refractivity contribution in [3.8, 4) is 0 Å². The fourth-order valence-corrected chi connectivity index (χ4v) is 4.09. The van der Waals surface area contributed by atoms with Crippen LogP contribution in [0.3, 0.4) is 0 Å². The summed E-state index contributed by atoms with van der Waals surface area (Å²) in [5, 5.41) is 1.41. The molecule has 1 fully saturated rings. The fraction of sp³-hybridized carbons (Fsp3) is 0.500. The lowest BCUT2D eigenvalue weighted by atomic mass is 9.86. The fourth-order valence-electron chi connectivity index (χ4n) is 2.46. The minimum atomic E-state index is -1.40. The van der Waals surface area contributed by atoms with E-state index in [1.54, 1.807) is 0 Å². The van der Waals surface area contributed by atoms with E-state index in [4.69, 9.17) is 9.31 Å². The van der Waals surface area contributed by atoms with E-state index in [-0.39, 0.29) is 7.12 Å². The quantitative estimate of drug-likeness (QED) is 0.765. The van der Waals surface area contributed by atoms with Gasteiger partial charge in [0.25, 0.3) is 0 Å². The summed E-state index contributed by atoms with van der Waals surface area (Å²) < 4.78 is 11.6. The number of aryl methyl sites for hydroxylation is 1. The van der Waals surface area contributed by atoms with Crippen molar-refractivity contribution >= 4 is 15.2 Å². The zero-order chi connectivity index (χ0) is 14.4. The number of hydrogen-bond acceptors (Lipinski definition) is 2. The first-order chi connectivity index (χ1) is 9.57. The van der Waals surface area contributed by atoms with E-state index in [2.05, 4.69) is 56.0 Å². The molecule has 20 heavy (non-hydrogen) atoms. The van der Waals surface area contributed by atoms with Gasteiger partial charge in [-0.25, -0.2) is 0 Å². The zero-order valence-corrected chi connectivity index (χ0v) is 13.9. The predicted octanol–water partition coefficient (Wildman–Crippen LogP) is 3.89. The highest BCUT2D eigenvalue weighted by Gasteiger charge is 2.34. The van der Waals surface area contributed by atoms with Crippen LogP contribution in [-0.4, -0.2) is 28.4 Å². The third-order valence-electron chi connectivity index (χ3n) is 3.59. The molecule has 2 rings (SSSR count). The van der Waals surface area contributed by atoms with Gasteiger partial charge in [0.15, 0.2) is 0 Å². The molecule has 0 spiro atoms. The second-order valence-corrected chi connectivity index (χ2v) is 11.4. The Hall–Kier alpha value is -0.838. The van der Waals surface area contributed by atoms with E-state index in [9.17, 15) is 0 Å². The molecule has 1 aromatic rings. The summed E-state index contributed by atoms with van der Waals surface area (Å²) in [5.74, 6) is 0. The van der Waals surface area contributed by atoms with Gasteiger partial charge in [-0.15, -0.1) is 0 Å². The molecule has 1 heterocycles. The van der Waals surface area contributed by atoms with E-state index in [1.807, 2.05) is 0 Å². The molecule has 0 radical (unpaired) electrons. The molecule has 2 nitrogen and oxygen atoms in total. The van der Waals surface area contributed by atoms with Crippen LogP contribution in [-0.2, 0) is 15.7 Å². The van der Waals surface area contributed by atoms with Crippen LogP contribution in [0.25, 0.3) is 0 Å². The largest absolute Gasteiger partial charge is 0.485 e. The van der Waals surface area contributed by atoms with Gasteiger partial charge in [0.05, 0.1) is 8.07 Å². The standard InChI is InChI=1S/C16H25BO2Si/c1-20(2,3)16(17-18-13-8-14-19-17)12-7-11-15-9-5-4-6-10-15/h4-6,9-10,12H,7-8,11,13-14H2,1-3H3/b16-12+. The first-order valence-electron chi connectivity index (χ1n) is 7.55. The highest BCUT2D eigenvalue weighted by atomic mass is 28.3. The summed E-state index contributed by atoms with van der Waals surface area (Å²) in [6.07, 6.45) is 5.53. The van der Waals surface area contributed by atoms with Crippen molar-refractivity contribution in [2.45, 2.75) is 38.9 Å². The van der Waals surface area contributed by atoms with Crippen LogP contribution in [0.2, 0.25) is 19.6 Å². The molecule has 1 aliphatic heterocycles. The molecular weight excluding hydrogens is 263 g/mol. The number of allylic oxidation sites excluding steroid dienone is 1. The third-order valence-corrected chi connectivity index (χ3v) is 5.76. The van der Waals surface area contributed by atoms with Gasteiger partial charge in [-0.05, 0) is 24.8 Å². The minimum Gasteiger partial charge on any atom is -0.408 e. The van der Waals surface area contributed by atoms with Crippen molar-refractivity contribution in [2.75, 3.05) is 13.2 Å². The van der Waals surface area contributed by atoms with Gasteiger partial charge in [-0.1, -0.05) is 61.1 Å². The highest BCUT2D eigenvalue weighted by Crippen LogP contribution is 2.22. The number of rotatable bonds is 5. The topological polar surface area (TPSA) is 18.5 Å². The molecule has 0 unspecified atom stereocenters. The molecule has 0 atom stereocenters. The van der Waals surface area contributed by atoms with Gasteiger partial charge in [0.2, 0.25) is 0 Å². The van der Waals surface area contributed by atoms with Crippen LogP contribution < -0.4 is 0 Å². The van der Waals surface area contributed by atoms with Crippen molar-refractivity contribution < 1.29 is 9.31 Å². The molecule has 4 heteroatoms. The Morgan fingerprint density at radius 3 is 2.40 bits per heavy atom. The lowest BCUT2D eigenvalue weighted by Crippen LogP contribution is -2.42. The molecule has 0 amide bonds. The van der Waals surface area contributed by atoms with E-state index < -0.39 is 8.07 Å². The molecular formula is C16H25BO2Si. The summed E-state index contributed by atoms with van der Waals surface area (Å²) >= 11 is 0. The summed E-state index contributed by atoms with van der Waals surface area (Å²) in [7, 11) is -1.49. The first kappa shape index (κ1) is 15.5. The van der Waals surface area contributed by atoms with E-state index in [0.717, 1.165) is 32.5 Å². The van der Waals surface area contributed by atoms with Gasteiger partial charge in [0, 0.05) is 13.2 Å². The minimum absolute atomic E-state index is 0.0915. The van der Waals surface area contributed by atoms with Gasteiger partial charge in [-0.2, -0.15) is 0 Å². The molecule has 108 valence electrons. The first-order valence-corrected chi connectivity index (χ1v) is 11.0. The molecule has 0 bridgehead atoms. The Bertz CT molecular complexity index is 434. The van der Waals surface area contributed by atoms with Gasteiger partial charge in [0.1, 0.15) is 0 Å². The third kappa shape index (κ3) is 4.62. The van der Waals surface area contributed by atoms with Gasteiger partial charge < -0.3 is 9.31 Å². The molecule has 0 aromatic heterocycles. The van der Waals surface area contributed by atoms with Crippen LogP contribution in [0, 0.1) is 0 Å². The lowest BCUT2D eigenvalue weighted by Gasteiger charge is -2.29. The monoisotopic (exact) mass is 288 g/mol. The second-order valence-electron chi connectivity index (χ2n) is 6.36. The molecule has 0 aliphatic carbocycles. The second kappa shape index (κ2) is 7.25. The normalized spacial score (nSPS) is 17.4. The van der Waals surface area contributed by atoms with E-state index in [1.165, 1.54) is 10.7 Å². The lowest BCUT2D eigenvalue weighted by molar-refractivity contribution is 0.141. The Morgan fingerprint density at radius 1 is 1.15 bits per heavy atom. The van der Waals surface area contributed by atoms with Gasteiger partial charge in [-0.3, -0.25) is 0 Å². The molecule has 1 saturated heterocycles. The number of benzene rings is 1. The smallest absolute Gasteiger partial charge is 0.408 e. The van der Waals surface area contributed by atoms with Crippen molar-refractivity contribution in [3.63, 3.8) is 0 Å². The molecule has 1 aromatic carbocycles. The Labute approximate surface area is 124 Å². The van der Waals surface area contributed by atoms with Crippen LogP contribution in [0.4, 0.5) is 0 Å². The van der Waals surface area contributed by atoms with Gasteiger partial charge >= 0.3 is 7.12 Å². The zero-order valence-electron chi connectivity index (χ0n) is 12.9. The maximum atomic E-state index is 5.81. The summed E-state index contributed by atoms with van der Waals surface area (Å²) in [4.78, 5) is 0. The summed E-state index contributed by atoms with van der Waals surface area (Å²) in [6.45, 7) is 8.74. The number of hydrogen-bond donors (Lipinski definition) is 0. The highest BCUT2D eigenvalue weighted by molar-refractivity contribution is 6.95. The van der Waals surface area contributed by atoms with Crippen LogP contribution >= 0.6 is 0 Å². The SMILES string of the molecule is C[Si](C)(C)/C(=C/CCc1ccccc1)B1OCCCO1. The van der Waals surface area contributed by atoms with Crippen molar-refractivity contribution in [2.24, 2.45) is 0 Å². The average Bonchev–Trinajstić information content (AvgIpc) is 2.44. The van der Waals surface area contributed by atoms with Crippen molar-refractivity contribution in [3.05, 3.63) is 47.1 Å². The Kier molecular flexibility index (Phi) is 5.64. The van der Waals surface area contributed by atoms with E-state index in [0.29, 0.717) is 0 Å².